The Kier molecular flexibility index (Phi) is 5.38. The number of hydrogen-bond donors (Lipinski definition) is 0. The molecule has 0 fully saturated rings. The van der Waals surface area contributed by atoms with E-state index in [0.29, 0.717) is 5.75 Å². The number of benzene rings is 1. The van der Waals surface area contributed by atoms with E-state index in [0.717, 1.165) is 45.9 Å². The van der Waals surface area contributed by atoms with E-state index in [2.05, 4.69) is 31.8 Å². The van der Waals surface area contributed by atoms with E-state index in [-0.39, 0.29) is 0 Å². The van der Waals surface area contributed by atoms with Gasteiger partial charge in [0.2, 0.25) is 0 Å². The number of methoxy groups -OCH3 is 1. The lowest BCUT2D eigenvalue weighted by Crippen LogP contribution is -1.99. The van der Waals surface area contributed by atoms with Crippen LogP contribution in [0.1, 0.15) is 12.7 Å². The summed E-state index contributed by atoms with van der Waals surface area (Å²) in [7, 11) is 1.65. The molecule has 8 heteroatoms. The van der Waals surface area contributed by atoms with Crippen LogP contribution in [0.25, 0.3) is 22.6 Å². The quantitative estimate of drug-likeness (QED) is 0.433. The molecular weight excluding hydrogens is 374 g/mol. The van der Waals surface area contributed by atoms with E-state index in [1.165, 1.54) is 0 Å². The number of rotatable bonds is 7. The summed E-state index contributed by atoms with van der Waals surface area (Å²) in [6.07, 6.45) is 3.51. The lowest BCUT2D eigenvalue weighted by molar-refractivity contribution is 0.397. The number of ether oxygens (including phenoxy) is 1. The van der Waals surface area contributed by atoms with Gasteiger partial charge in [-0.25, -0.2) is 0 Å². The maximum atomic E-state index is 5.49. The summed E-state index contributed by atoms with van der Waals surface area (Å²) in [5, 5.41) is 13.7. The van der Waals surface area contributed by atoms with E-state index < -0.39 is 0 Å². The molecule has 0 atom stereocenters. The molecule has 0 spiro atoms. The van der Waals surface area contributed by atoms with Crippen LogP contribution >= 0.6 is 11.8 Å². The Morgan fingerprint density at radius 3 is 2.54 bits per heavy atom. The summed E-state index contributed by atoms with van der Waals surface area (Å²) in [4.78, 5) is 4.06. The van der Waals surface area contributed by atoms with Crippen molar-refractivity contribution < 1.29 is 9.26 Å². The summed E-state index contributed by atoms with van der Waals surface area (Å²) >= 11 is 1.57. The molecule has 0 amide bonds. The minimum absolute atomic E-state index is 0.623. The first kappa shape index (κ1) is 18.2. The zero-order chi connectivity index (χ0) is 19.3. The van der Waals surface area contributed by atoms with Gasteiger partial charge in [0.05, 0.1) is 12.9 Å². The molecule has 0 N–H and O–H groups in total. The van der Waals surface area contributed by atoms with Crippen LogP contribution in [-0.4, -0.2) is 32.0 Å². The van der Waals surface area contributed by atoms with Gasteiger partial charge in [-0.3, -0.25) is 4.98 Å². The fourth-order valence-electron chi connectivity index (χ4n) is 2.81. The van der Waals surface area contributed by atoms with Crippen LogP contribution in [0.4, 0.5) is 0 Å². The summed E-state index contributed by atoms with van der Waals surface area (Å²) in [6.45, 7) is 2.86. The van der Waals surface area contributed by atoms with Crippen LogP contribution in [0.15, 0.2) is 64.5 Å². The molecule has 0 aliphatic heterocycles. The monoisotopic (exact) mass is 393 g/mol. The van der Waals surface area contributed by atoms with Crippen molar-refractivity contribution in [1.29, 1.82) is 0 Å². The van der Waals surface area contributed by atoms with Gasteiger partial charge in [-0.15, -0.1) is 10.2 Å². The molecule has 1 aromatic carbocycles. The lowest BCUT2D eigenvalue weighted by Gasteiger charge is -2.06. The zero-order valence-corrected chi connectivity index (χ0v) is 16.4. The van der Waals surface area contributed by atoms with Crippen LogP contribution in [0.5, 0.6) is 5.75 Å². The molecule has 0 bridgehead atoms. The van der Waals surface area contributed by atoms with Gasteiger partial charge < -0.3 is 13.8 Å². The minimum Gasteiger partial charge on any atom is -0.497 e. The van der Waals surface area contributed by atoms with Crippen molar-refractivity contribution >= 4 is 11.8 Å². The van der Waals surface area contributed by atoms with Gasteiger partial charge in [-0.05, 0) is 43.3 Å². The number of nitrogens with zero attached hydrogens (tertiary/aromatic N) is 5. The van der Waals surface area contributed by atoms with Crippen molar-refractivity contribution in [3.8, 4) is 28.4 Å². The second-order valence-electron chi connectivity index (χ2n) is 5.98. The largest absolute Gasteiger partial charge is 0.497 e. The van der Waals surface area contributed by atoms with Crippen LogP contribution in [0, 0.1) is 0 Å². The van der Waals surface area contributed by atoms with Crippen LogP contribution in [0.3, 0.4) is 0 Å². The van der Waals surface area contributed by atoms with Crippen molar-refractivity contribution in [2.45, 2.75) is 24.4 Å². The number of hydrogen-bond acceptors (Lipinski definition) is 7. The highest BCUT2D eigenvalue weighted by molar-refractivity contribution is 7.98. The summed E-state index contributed by atoms with van der Waals surface area (Å²) in [5.74, 6) is 3.06. The van der Waals surface area contributed by atoms with Crippen molar-refractivity contribution in [2.75, 3.05) is 7.11 Å². The maximum Gasteiger partial charge on any atom is 0.191 e. The summed E-state index contributed by atoms with van der Waals surface area (Å²) < 4.78 is 12.8. The first-order chi connectivity index (χ1) is 13.8. The summed E-state index contributed by atoms with van der Waals surface area (Å²) in [6, 6.07) is 13.5. The topological polar surface area (TPSA) is 78.9 Å². The highest BCUT2D eigenvalue weighted by Crippen LogP contribution is 2.28. The van der Waals surface area contributed by atoms with Crippen LogP contribution in [-0.2, 0) is 12.3 Å². The minimum atomic E-state index is 0.623. The van der Waals surface area contributed by atoms with E-state index in [9.17, 15) is 0 Å². The molecule has 28 heavy (non-hydrogen) atoms. The lowest BCUT2D eigenvalue weighted by atomic mass is 10.1. The van der Waals surface area contributed by atoms with Gasteiger partial charge in [0.1, 0.15) is 17.2 Å². The molecule has 0 unspecified atom stereocenters. The second kappa shape index (κ2) is 8.26. The van der Waals surface area contributed by atoms with Crippen molar-refractivity contribution in [2.24, 2.45) is 0 Å². The van der Waals surface area contributed by atoms with Gasteiger partial charge in [0, 0.05) is 36.1 Å². The molecule has 0 saturated carbocycles. The molecule has 0 aliphatic rings. The normalized spacial score (nSPS) is 10.9. The highest BCUT2D eigenvalue weighted by atomic mass is 32.2. The first-order valence-corrected chi connectivity index (χ1v) is 9.83. The Bertz CT molecular complexity index is 1040. The van der Waals surface area contributed by atoms with E-state index in [1.54, 1.807) is 31.3 Å². The van der Waals surface area contributed by atoms with Gasteiger partial charge >= 0.3 is 0 Å². The van der Waals surface area contributed by atoms with Crippen molar-refractivity contribution in [3.63, 3.8) is 0 Å². The fourth-order valence-corrected chi connectivity index (χ4v) is 3.69. The van der Waals surface area contributed by atoms with E-state index in [4.69, 9.17) is 9.26 Å². The molecule has 3 heterocycles. The van der Waals surface area contributed by atoms with Gasteiger partial charge in [0.25, 0.3) is 0 Å². The zero-order valence-electron chi connectivity index (χ0n) is 15.6. The first-order valence-electron chi connectivity index (χ1n) is 8.85. The van der Waals surface area contributed by atoms with Crippen LogP contribution < -0.4 is 4.74 Å². The molecule has 7 nitrogen and oxygen atoms in total. The van der Waals surface area contributed by atoms with Crippen molar-refractivity contribution in [1.82, 2.24) is 24.9 Å². The Morgan fingerprint density at radius 1 is 1.04 bits per heavy atom. The smallest absolute Gasteiger partial charge is 0.191 e. The predicted octanol–water partition coefficient (Wildman–Crippen LogP) is 4.32. The van der Waals surface area contributed by atoms with Gasteiger partial charge in [0.15, 0.2) is 11.0 Å². The molecule has 0 aliphatic carbocycles. The molecule has 142 valence electrons. The Balaban J connectivity index is 1.48. The maximum absolute atomic E-state index is 5.49. The molecular formula is C20H19N5O2S. The standard InChI is InChI=1S/C20H19N5O2S/c1-3-25-19(15-8-10-21-11-9-15)22-23-20(25)28-13-17-12-18(24-27-17)14-4-6-16(26-2)7-5-14/h4-12H,3,13H2,1-2H3. The SMILES string of the molecule is CCn1c(SCc2cc(-c3ccc(OC)cc3)no2)nnc1-c1ccncc1. The van der Waals surface area contributed by atoms with E-state index >= 15 is 0 Å². The van der Waals surface area contributed by atoms with Crippen molar-refractivity contribution in [3.05, 3.63) is 60.6 Å². The number of pyridine rings is 1. The number of aromatic nitrogens is 5. The predicted molar refractivity (Wildman–Crippen MR) is 107 cm³/mol. The average Bonchev–Trinajstić information content (AvgIpc) is 3.39. The average molecular weight is 393 g/mol. The molecule has 4 rings (SSSR count). The third kappa shape index (κ3) is 3.77. The molecule has 0 saturated heterocycles. The third-order valence-electron chi connectivity index (χ3n) is 4.26. The molecule has 4 aromatic rings. The highest BCUT2D eigenvalue weighted by Gasteiger charge is 2.14. The van der Waals surface area contributed by atoms with Crippen LogP contribution in [0.2, 0.25) is 0 Å². The molecule has 0 radical (unpaired) electrons. The van der Waals surface area contributed by atoms with Gasteiger partial charge in [-0.2, -0.15) is 0 Å². The number of thioether (sulfide) groups is 1. The fraction of sp³-hybridized carbons (Fsp3) is 0.200. The Hall–Kier alpha value is -3.13. The Morgan fingerprint density at radius 2 is 1.82 bits per heavy atom. The molecule has 3 aromatic heterocycles. The van der Waals surface area contributed by atoms with E-state index in [1.807, 2.05) is 42.5 Å². The third-order valence-corrected chi connectivity index (χ3v) is 5.25. The summed E-state index contributed by atoms with van der Waals surface area (Å²) in [5.41, 5.74) is 2.78. The van der Waals surface area contributed by atoms with Gasteiger partial charge in [-0.1, -0.05) is 16.9 Å². The Labute approximate surface area is 166 Å². The second-order valence-corrected chi connectivity index (χ2v) is 6.92.